The summed E-state index contributed by atoms with van der Waals surface area (Å²) in [6.45, 7) is 2.44. The zero-order valence-electron chi connectivity index (χ0n) is 15.2. The maximum absolute atomic E-state index is 12.4. The molecule has 0 aliphatic carbocycles. The average Bonchev–Trinajstić information content (AvgIpc) is 3.16. The van der Waals surface area contributed by atoms with E-state index in [-0.39, 0.29) is 0 Å². The van der Waals surface area contributed by atoms with Gasteiger partial charge < -0.3 is 14.1 Å². The highest BCUT2D eigenvalue weighted by molar-refractivity contribution is 8.00. The highest BCUT2D eigenvalue weighted by atomic mass is 32.2. The fraction of sp³-hybridized carbons (Fsp3) is 0.273. The van der Waals surface area contributed by atoms with Gasteiger partial charge in [0.2, 0.25) is 0 Å². The Labute approximate surface area is 163 Å². The zero-order valence-corrected chi connectivity index (χ0v) is 16.1. The number of aldehydes is 1. The van der Waals surface area contributed by atoms with Crippen LogP contribution >= 0.6 is 11.8 Å². The average molecular weight is 378 g/mol. The first-order valence-corrected chi connectivity index (χ1v) is 9.89. The van der Waals surface area contributed by atoms with E-state index in [9.17, 15) is 4.79 Å². The van der Waals surface area contributed by atoms with E-state index in [0.717, 1.165) is 22.6 Å². The molecule has 0 bridgehead atoms. The van der Waals surface area contributed by atoms with Crippen LogP contribution in [0.25, 0.3) is 0 Å². The first kappa shape index (κ1) is 18.0. The van der Waals surface area contributed by atoms with Crippen LogP contribution in [0.1, 0.15) is 24.2 Å². The number of carbonyl (C=O) groups is 1. The molecule has 0 radical (unpaired) electrons. The van der Waals surface area contributed by atoms with Gasteiger partial charge in [0.15, 0.2) is 0 Å². The molecule has 0 saturated carbocycles. The molecule has 2 unspecified atom stereocenters. The van der Waals surface area contributed by atoms with Crippen molar-refractivity contribution in [3.8, 4) is 0 Å². The second-order valence-corrected chi connectivity index (χ2v) is 8.21. The van der Waals surface area contributed by atoms with Crippen LogP contribution in [0.3, 0.4) is 0 Å². The third-order valence-corrected chi connectivity index (χ3v) is 6.51. The van der Waals surface area contributed by atoms with Crippen LogP contribution in [-0.4, -0.2) is 22.4 Å². The first-order valence-electron chi connectivity index (χ1n) is 9.08. The predicted octanol–water partition coefficient (Wildman–Crippen LogP) is 4.54. The number of benzene rings is 2. The molecule has 5 heteroatoms. The number of nitrogens with zero attached hydrogens (tertiary/aromatic N) is 2. The van der Waals surface area contributed by atoms with Crippen molar-refractivity contribution in [2.75, 3.05) is 6.61 Å². The van der Waals surface area contributed by atoms with Crippen LogP contribution in [0.5, 0.6) is 0 Å². The van der Waals surface area contributed by atoms with Gasteiger partial charge in [0.05, 0.1) is 6.61 Å². The highest BCUT2D eigenvalue weighted by Gasteiger charge is 2.49. The summed E-state index contributed by atoms with van der Waals surface area (Å²) in [5.74, 6) is 0.843. The maximum Gasteiger partial charge on any atom is 0.146 e. The minimum Gasteiger partial charge on any atom is -0.359 e. The normalized spacial score (nSPS) is 25.2. The van der Waals surface area contributed by atoms with E-state index in [0.29, 0.717) is 19.4 Å². The lowest BCUT2D eigenvalue weighted by atomic mass is 9.84. The number of imidazole rings is 1. The topological polar surface area (TPSA) is 44.1 Å². The van der Waals surface area contributed by atoms with Gasteiger partial charge in [-0.2, -0.15) is 0 Å². The molecule has 0 N–H and O–H groups in total. The summed E-state index contributed by atoms with van der Waals surface area (Å²) in [6.07, 6.45) is 5.91. The number of rotatable bonds is 5. The number of thioether (sulfide) groups is 1. The highest BCUT2D eigenvalue weighted by Crippen LogP contribution is 2.52. The van der Waals surface area contributed by atoms with Gasteiger partial charge in [-0.15, -0.1) is 0 Å². The van der Waals surface area contributed by atoms with Gasteiger partial charge in [0.25, 0.3) is 0 Å². The van der Waals surface area contributed by atoms with Crippen molar-refractivity contribution >= 4 is 18.0 Å². The molecule has 2 aromatic carbocycles. The lowest BCUT2D eigenvalue weighted by molar-refractivity contribution is -0.127. The van der Waals surface area contributed by atoms with E-state index in [2.05, 4.69) is 29.2 Å². The molecule has 1 aliphatic heterocycles. The second kappa shape index (κ2) is 7.33. The number of hydrogen-bond donors (Lipinski definition) is 0. The van der Waals surface area contributed by atoms with Crippen LogP contribution in [-0.2, 0) is 20.0 Å². The molecule has 2 heterocycles. The Balaban J connectivity index is 1.81. The van der Waals surface area contributed by atoms with Crippen LogP contribution in [0.2, 0.25) is 0 Å². The van der Waals surface area contributed by atoms with E-state index in [4.69, 9.17) is 4.74 Å². The lowest BCUT2D eigenvalue weighted by Gasteiger charge is -2.46. The van der Waals surface area contributed by atoms with Crippen LogP contribution in [0.15, 0.2) is 78.0 Å². The standard InChI is InChI=1S/C22H22N2O2S/c1-18-23-13-14-24(18)21(17-25)12-15-26-22(16-21,19-8-4-2-5-9-19)27-20-10-6-3-7-11-20/h2-11,13-14,17H,12,15-16H2,1H3. The third-order valence-electron chi connectivity index (χ3n) is 5.17. The molecule has 0 spiro atoms. The van der Waals surface area contributed by atoms with Gasteiger partial charge >= 0.3 is 0 Å². The quantitative estimate of drug-likeness (QED) is 0.612. The molecule has 4 rings (SSSR count). The maximum atomic E-state index is 12.4. The Hall–Kier alpha value is -2.37. The van der Waals surface area contributed by atoms with Crippen molar-refractivity contribution in [1.82, 2.24) is 9.55 Å². The van der Waals surface area contributed by atoms with E-state index < -0.39 is 10.5 Å². The van der Waals surface area contributed by atoms with Crippen molar-refractivity contribution in [3.05, 3.63) is 84.4 Å². The lowest BCUT2D eigenvalue weighted by Crippen LogP contribution is -2.48. The molecule has 1 saturated heterocycles. The number of ether oxygens (including phenoxy) is 1. The van der Waals surface area contributed by atoms with Crippen LogP contribution < -0.4 is 0 Å². The molecular weight excluding hydrogens is 356 g/mol. The van der Waals surface area contributed by atoms with Crippen molar-refractivity contribution < 1.29 is 9.53 Å². The molecule has 27 heavy (non-hydrogen) atoms. The minimum atomic E-state index is -0.670. The Bertz CT molecular complexity index is 912. The van der Waals surface area contributed by atoms with E-state index in [1.807, 2.05) is 54.1 Å². The molecule has 2 atom stereocenters. The summed E-state index contributed by atoms with van der Waals surface area (Å²) < 4.78 is 8.43. The van der Waals surface area contributed by atoms with E-state index in [1.54, 1.807) is 18.0 Å². The first-order chi connectivity index (χ1) is 13.2. The summed E-state index contributed by atoms with van der Waals surface area (Å²) in [7, 11) is 0. The summed E-state index contributed by atoms with van der Waals surface area (Å²) in [4.78, 5) is 17.2. The Morgan fingerprint density at radius 2 is 1.81 bits per heavy atom. The zero-order chi connectivity index (χ0) is 18.7. The van der Waals surface area contributed by atoms with Crippen molar-refractivity contribution in [3.63, 3.8) is 0 Å². The third kappa shape index (κ3) is 3.33. The Morgan fingerprint density at radius 3 is 2.44 bits per heavy atom. The molecule has 1 aliphatic rings. The summed E-state index contributed by atoms with van der Waals surface area (Å²) in [6, 6.07) is 20.4. The molecular formula is C22H22N2O2S. The summed E-state index contributed by atoms with van der Waals surface area (Å²) >= 11 is 1.67. The second-order valence-electron chi connectivity index (χ2n) is 6.88. The SMILES string of the molecule is Cc1nccn1C1(C=O)CCOC(Sc2ccccc2)(c2ccccc2)C1. The molecule has 3 aromatic rings. The Morgan fingerprint density at radius 1 is 1.11 bits per heavy atom. The number of hydrogen-bond acceptors (Lipinski definition) is 4. The van der Waals surface area contributed by atoms with Gasteiger partial charge in [-0.1, -0.05) is 60.3 Å². The Kier molecular flexibility index (Phi) is 4.89. The van der Waals surface area contributed by atoms with Gasteiger partial charge in [-0.25, -0.2) is 4.98 Å². The summed E-state index contributed by atoms with van der Waals surface area (Å²) in [5.41, 5.74) is 0.402. The van der Waals surface area contributed by atoms with E-state index in [1.165, 1.54) is 0 Å². The molecule has 0 amide bonds. The van der Waals surface area contributed by atoms with Crippen molar-refractivity contribution in [2.24, 2.45) is 0 Å². The van der Waals surface area contributed by atoms with Crippen molar-refractivity contribution in [2.45, 2.75) is 35.1 Å². The minimum absolute atomic E-state index is 0.505. The number of aromatic nitrogens is 2. The summed E-state index contributed by atoms with van der Waals surface area (Å²) in [5, 5.41) is 0. The molecule has 1 fully saturated rings. The molecule has 1 aromatic heterocycles. The number of carbonyl (C=O) groups excluding carboxylic acids is 1. The fourth-order valence-electron chi connectivity index (χ4n) is 3.83. The molecule has 4 nitrogen and oxygen atoms in total. The van der Waals surface area contributed by atoms with Gasteiger partial charge in [-0.05, 0) is 24.6 Å². The molecule has 138 valence electrons. The van der Waals surface area contributed by atoms with Crippen LogP contribution in [0, 0.1) is 6.92 Å². The fourth-order valence-corrected chi connectivity index (χ4v) is 5.22. The van der Waals surface area contributed by atoms with Gasteiger partial charge in [0.1, 0.15) is 22.6 Å². The monoisotopic (exact) mass is 378 g/mol. The van der Waals surface area contributed by atoms with Gasteiger partial charge in [0, 0.05) is 30.1 Å². The smallest absolute Gasteiger partial charge is 0.146 e. The van der Waals surface area contributed by atoms with Crippen molar-refractivity contribution in [1.29, 1.82) is 0 Å². The van der Waals surface area contributed by atoms with Crippen LogP contribution in [0.4, 0.5) is 0 Å². The van der Waals surface area contributed by atoms with Gasteiger partial charge in [-0.3, -0.25) is 0 Å². The number of aryl methyl sites for hydroxylation is 1. The predicted molar refractivity (Wildman–Crippen MR) is 107 cm³/mol. The van der Waals surface area contributed by atoms with E-state index >= 15 is 0 Å². The largest absolute Gasteiger partial charge is 0.359 e.